The topological polar surface area (TPSA) is 35.5 Å². The fourth-order valence-electron chi connectivity index (χ4n) is 3.86. The van der Waals surface area contributed by atoms with Gasteiger partial charge in [0, 0.05) is 5.92 Å². The van der Waals surface area contributed by atoms with Crippen LogP contribution in [0.5, 0.6) is 0 Å². The van der Waals surface area contributed by atoms with Crippen molar-refractivity contribution in [2.24, 2.45) is 11.8 Å². The molecule has 2 aromatic rings. The summed E-state index contributed by atoms with van der Waals surface area (Å²) in [6.07, 6.45) is -0.0503. The van der Waals surface area contributed by atoms with Crippen molar-refractivity contribution in [2.45, 2.75) is 12.2 Å². The van der Waals surface area contributed by atoms with Crippen LogP contribution >= 0.6 is 0 Å². The molecule has 2 saturated heterocycles. The van der Waals surface area contributed by atoms with E-state index < -0.39 is 0 Å². The molecule has 3 nitrogen and oxygen atoms in total. The average molecular weight is 252 g/mol. The lowest BCUT2D eigenvalue weighted by Crippen LogP contribution is -2.22. The summed E-state index contributed by atoms with van der Waals surface area (Å²) in [5, 5.41) is 2.44. The number of carbonyl (C=O) groups is 1. The quantitative estimate of drug-likeness (QED) is 0.676. The van der Waals surface area contributed by atoms with Gasteiger partial charge in [-0.1, -0.05) is 24.3 Å². The molecule has 0 N–H and O–H groups in total. The van der Waals surface area contributed by atoms with Crippen molar-refractivity contribution in [3.8, 4) is 0 Å². The van der Waals surface area contributed by atoms with Gasteiger partial charge in [-0.3, -0.25) is 4.79 Å². The Labute approximate surface area is 110 Å². The molecule has 3 aliphatic heterocycles. The molecule has 0 saturated carbocycles. The van der Waals surface area contributed by atoms with Gasteiger partial charge in [-0.15, -0.1) is 0 Å². The molecule has 94 valence electrons. The van der Waals surface area contributed by atoms with Crippen LogP contribution in [0.1, 0.15) is 23.3 Å². The molecule has 19 heavy (non-hydrogen) atoms. The van der Waals surface area contributed by atoms with Crippen molar-refractivity contribution in [1.82, 2.24) is 0 Å². The Kier molecular flexibility index (Phi) is 1.67. The summed E-state index contributed by atoms with van der Waals surface area (Å²) in [5.41, 5.74) is 2.44. The Hall–Kier alpha value is -1.87. The lowest BCUT2D eigenvalue weighted by molar-refractivity contribution is -0.144. The van der Waals surface area contributed by atoms with E-state index in [1.165, 1.54) is 21.9 Å². The molecule has 3 heterocycles. The van der Waals surface area contributed by atoms with Gasteiger partial charge in [0.2, 0.25) is 0 Å². The van der Waals surface area contributed by atoms with Gasteiger partial charge in [0.1, 0.15) is 0 Å². The van der Waals surface area contributed by atoms with Crippen molar-refractivity contribution < 1.29 is 14.3 Å². The third-order valence-corrected chi connectivity index (χ3v) is 4.72. The second kappa shape index (κ2) is 3.17. The van der Waals surface area contributed by atoms with Crippen LogP contribution in [-0.2, 0) is 14.3 Å². The van der Waals surface area contributed by atoms with E-state index in [2.05, 4.69) is 24.3 Å². The fraction of sp³-hybridized carbons (Fsp3) is 0.312. The maximum atomic E-state index is 11.8. The number of carbonyl (C=O) groups excluding carboxylic acids is 1. The monoisotopic (exact) mass is 252 g/mol. The fourth-order valence-corrected chi connectivity index (χ4v) is 3.86. The third-order valence-electron chi connectivity index (χ3n) is 4.72. The van der Waals surface area contributed by atoms with Crippen LogP contribution < -0.4 is 0 Å². The second-order valence-electron chi connectivity index (χ2n) is 5.63. The molecule has 0 amide bonds. The van der Waals surface area contributed by atoms with Crippen molar-refractivity contribution >= 4 is 16.7 Å². The predicted octanol–water partition coefficient (Wildman–Crippen LogP) is 2.76. The van der Waals surface area contributed by atoms with Gasteiger partial charge in [0.15, 0.2) is 0 Å². The number of rotatable bonds is 0. The zero-order valence-electron chi connectivity index (χ0n) is 10.2. The molecular weight excluding hydrogens is 240 g/mol. The van der Waals surface area contributed by atoms with E-state index in [-0.39, 0.29) is 30.0 Å². The number of fused-ring (bicyclic) bond motifs is 9. The molecular formula is C16H12O3. The van der Waals surface area contributed by atoms with Gasteiger partial charge in [-0.25, -0.2) is 0 Å². The summed E-state index contributed by atoms with van der Waals surface area (Å²) < 4.78 is 11.3. The Bertz CT molecular complexity index is 721. The molecule has 0 unspecified atom stereocenters. The van der Waals surface area contributed by atoms with Gasteiger partial charge in [0.05, 0.1) is 24.7 Å². The van der Waals surface area contributed by atoms with Crippen molar-refractivity contribution in [3.05, 3.63) is 47.5 Å². The van der Waals surface area contributed by atoms with Crippen molar-refractivity contribution in [3.63, 3.8) is 0 Å². The lowest BCUT2D eigenvalue weighted by Gasteiger charge is -2.20. The number of hydrogen-bond acceptors (Lipinski definition) is 3. The minimum Gasteiger partial charge on any atom is -0.465 e. The van der Waals surface area contributed by atoms with Gasteiger partial charge < -0.3 is 9.47 Å². The van der Waals surface area contributed by atoms with Crippen LogP contribution in [0.25, 0.3) is 10.8 Å². The first kappa shape index (κ1) is 9.98. The summed E-state index contributed by atoms with van der Waals surface area (Å²) in [6, 6.07) is 12.7. The molecule has 2 fully saturated rings. The SMILES string of the molecule is O=C1OC[C@H]2[C@H]1[C@@H]1O[C@H]2c2cc3ccccc3cc21. The maximum Gasteiger partial charge on any atom is 0.312 e. The normalized spacial score (nSPS) is 34.4. The molecule has 3 aliphatic rings. The molecule has 0 aliphatic carbocycles. The van der Waals surface area contributed by atoms with Gasteiger partial charge >= 0.3 is 5.97 Å². The molecule has 0 radical (unpaired) electrons. The summed E-state index contributed by atoms with van der Waals surface area (Å²) in [4.78, 5) is 11.8. The van der Waals surface area contributed by atoms with E-state index in [0.29, 0.717) is 6.61 Å². The van der Waals surface area contributed by atoms with E-state index >= 15 is 0 Å². The molecule has 5 rings (SSSR count). The first-order valence-corrected chi connectivity index (χ1v) is 6.67. The van der Waals surface area contributed by atoms with Crippen LogP contribution in [0.15, 0.2) is 36.4 Å². The Morgan fingerprint density at radius 3 is 2.42 bits per heavy atom. The Balaban J connectivity index is 1.76. The number of hydrogen-bond donors (Lipinski definition) is 0. The summed E-state index contributed by atoms with van der Waals surface area (Å²) in [6.45, 7) is 0.511. The number of benzene rings is 2. The van der Waals surface area contributed by atoms with Crippen LogP contribution in [0.4, 0.5) is 0 Å². The molecule has 0 aromatic heterocycles. The van der Waals surface area contributed by atoms with Crippen LogP contribution in [-0.4, -0.2) is 12.6 Å². The highest BCUT2D eigenvalue weighted by Gasteiger charge is 2.59. The van der Waals surface area contributed by atoms with Crippen molar-refractivity contribution in [1.29, 1.82) is 0 Å². The molecule has 2 aromatic carbocycles. The van der Waals surface area contributed by atoms with E-state index in [9.17, 15) is 4.79 Å². The van der Waals surface area contributed by atoms with Gasteiger partial charge in [-0.2, -0.15) is 0 Å². The highest BCUT2D eigenvalue weighted by molar-refractivity contribution is 5.86. The standard InChI is InChI=1S/C16H12O3/c17-16-13-12(7-18-16)14-10-5-8-3-1-2-4-9(8)6-11(10)15(13)19-14/h1-6,12-15H,7H2/t12-,13-,14-,15+/m0/s1. The van der Waals surface area contributed by atoms with Crippen LogP contribution in [0.3, 0.4) is 0 Å². The van der Waals surface area contributed by atoms with E-state index in [4.69, 9.17) is 9.47 Å². The minimum absolute atomic E-state index is 0.0426. The lowest BCUT2D eigenvalue weighted by atomic mass is 9.77. The van der Waals surface area contributed by atoms with E-state index in [1.807, 2.05) is 12.1 Å². The highest BCUT2D eigenvalue weighted by Crippen LogP contribution is 2.59. The zero-order chi connectivity index (χ0) is 12.6. The number of ether oxygens (including phenoxy) is 2. The van der Waals surface area contributed by atoms with Crippen LogP contribution in [0, 0.1) is 11.8 Å². The smallest absolute Gasteiger partial charge is 0.312 e. The van der Waals surface area contributed by atoms with Gasteiger partial charge in [0.25, 0.3) is 0 Å². The molecule has 2 bridgehead atoms. The first-order chi connectivity index (χ1) is 9.33. The van der Waals surface area contributed by atoms with Crippen LogP contribution in [0.2, 0.25) is 0 Å². The first-order valence-electron chi connectivity index (χ1n) is 6.67. The minimum atomic E-state index is -0.0930. The van der Waals surface area contributed by atoms with Crippen molar-refractivity contribution in [2.75, 3.05) is 6.61 Å². The Morgan fingerprint density at radius 1 is 1.00 bits per heavy atom. The molecule has 4 atom stereocenters. The summed E-state index contributed by atoms with van der Waals surface area (Å²) in [7, 11) is 0. The molecule has 3 heteroatoms. The zero-order valence-corrected chi connectivity index (χ0v) is 10.2. The Morgan fingerprint density at radius 2 is 1.68 bits per heavy atom. The van der Waals surface area contributed by atoms with Gasteiger partial charge in [-0.05, 0) is 34.0 Å². The second-order valence-corrected chi connectivity index (χ2v) is 5.63. The summed E-state index contributed by atoms with van der Waals surface area (Å²) in [5.74, 6) is 0.0427. The molecule has 0 spiro atoms. The van der Waals surface area contributed by atoms with E-state index in [0.717, 1.165) is 0 Å². The predicted molar refractivity (Wildman–Crippen MR) is 68.5 cm³/mol. The number of esters is 1. The number of cyclic esters (lactones) is 1. The third kappa shape index (κ3) is 1.10. The maximum absolute atomic E-state index is 11.8. The van der Waals surface area contributed by atoms with E-state index in [1.54, 1.807) is 0 Å². The highest BCUT2D eigenvalue weighted by atomic mass is 16.6. The summed E-state index contributed by atoms with van der Waals surface area (Å²) >= 11 is 0. The largest absolute Gasteiger partial charge is 0.465 e. The average Bonchev–Trinajstić information content (AvgIpc) is 3.08.